The molecule has 5 fully saturated rings. The van der Waals surface area contributed by atoms with E-state index in [1.165, 1.54) is 77.6 Å². The van der Waals surface area contributed by atoms with Crippen molar-refractivity contribution in [3.05, 3.63) is 34.3 Å². The van der Waals surface area contributed by atoms with Crippen LogP contribution in [0.5, 0.6) is 0 Å². The predicted molar refractivity (Wildman–Crippen MR) is 326 cm³/mol. The molecule has 496 valence electrons. The second-order valence-corrected chi connectivity index (χ2v) is 26.5. The molecule has 3 saturated heterocycles. The highest BCUT2D eigenvalue weighted by Crippen LogP contribution is 2.37. The van der Waals surface area contributed by atoms with E-state index in [4.69, 9.17) is 11.6 Å². The maximum absolute atomic E-state index is 15.0. The van der Waals surface area contributed by atoms with Gasteiger partial charge in [0.05, 0.1) is 23.7 Å². The highest BCUT2D eigenvalue weighted by Gasteiger charge is 2.50. The fraction of sp³-hybridized carbons (Fsp3) is 0.730. The van der Waals surface area contributed by atoms with Crippen LogP contribution in [0.25, 0.3) is 0 Å². The van der Waals surface area contributed by atoms with Gasteiger partial charge >= 0.3 is 6.18 Å². The van der Waals surface area contributed by atoms with Crippen molar-refractivity contribution in [1.29, 1.82) is 0 Å². The minimum Gasteiger partial charge on any atom is -0.351 e. The number of likely N-dealkylation sites (N-methyl/N-ethyl adjacent to an activating group) is 5. The van der Waals surface area contributed by atoms with Crippen molar-refractivity contribution in [3.63, 3.8) is 0 Å². The number of alkyl halides is 3. The van der Waals surface area contributed by atoms with Crippen molar-refractivity contribution in [2.75, 3.05) is 61.4 Å². The number of nitrogens with one attached hydrogen (secondary N) is 4. The highest BCUT2D eigenvalue weighted by molar-refractivity contribution is 6.31. The summed E-state index contributed by atoms with van der Waals surface area (Å²) in [7, 11) is 7.21. The maximum Gasteiger partial charge on any atom is 0.417 e. The molecule has 0 unspecified atom stereocenters. The van der Waals surface area contributed by atoms with E-state index < -0.39 is 161 Å². The SMILES string of the molecule is CC[C@H](C)[C@@H]1NC(=O)[C@H](C)N(C)C(=O)C[C@@H](C)NC(=O)[C@H](C(C)C)N(C)C(=O)C2(CCCC2)NC(=O)[C@@H]2CCCN2C(=O)[C@H](CCc2ccc(C(F)(F)F)c(Cl)c2)NC(=O)CN(C)C(=O)[C@H](CC2CCCCC2)N(C)C(=O)[C@@H]2CCCN2C(=O)CN(C)C1=O. The van der Waals surface area contributed by atoms with Crippen LogP contribution in [-0.2, 0) is 65.3 Å². The van der Waals surface area contributed by atoms with Crippen LogP contribution in [0.4, 0.5) is 13.2 Å². The molecule has 3 heterocycles. The lowest BCUT2D eigenvalue weighted by molar-refractivity contribution is -0.151. The van der Waals surface area contributed by atoms with Gasteiger partial charge in [0.1, 0.15) is 47.8 Å². The van der Waals surface area contributed by atoms with Gasteiger partial charge in [0.2, 0.25) is 65.0 Å². The monoisotopic (exact) mass is 1270 g/mol. The van der Waals surface area contributed by atoms with Gasteiger partial charge in [-0.25, -0.2) is 0 Å². The fourth-order valence-corrected chi connectivity index (χ4v) is 13.8. The molecular weight excluding hydrogens is 1180 g/mol. The Morgan fingerprint density at radius 3 is 1.88 bits per heavy atom. The zero-order chi connectivity index (χ0) is 66.0. The molecule has 9 atom stereocenters. The number of nitrogens with zero attached hydrogens (tertiary/aromatic N) is 7. The van der Waals surface area contributed by atoms with Crippen LogP contribution in [0.2, 0.25) is 5.02 Å². The number of amides is 11. The molecular formula is C63H95ClF3N11O11. The number of hydrogen-bond donors (Lipinski definition) is 4. The number of benzene rings is 1. The van der Waals surface area contributed by atoms with Gasteiger partial charge in [0.15, 0.2) is 0 Å². The highest BCUT2D eigenvalue weighted by atomic mass is 35.5. The molecule has 3 aliphatic heterocycles. The Bertz CT molecular complexity index is 2780. The molecule has 4 N–H and O–H groups in total. The summed E-state index contributed by atoms with van der Waals surface area (Å²) in [4.78, 5) is 168. The van der Waals surface area contributed by atoms with E-state index >= 15 is 4.79 Å². The zero-order valence-electron chi connectivity index (χ0n) is 53.8. The first kappa shape index (κ1) is 71.5. The van der Waals surface area contributed by atoms with Gasteiger partial charge in [-0.1, -0.05) is 96.7 Å². The summed E-state index contributed by atoms with van der Waals surface area (Å²) >= 11 is 6.12. The molecule has 6 rings (SSSR count). The van der Waals surface area contributed by atoms with Crippen molar-refractivity contribution < 1.29 is 65.9 Å². The summed E-state index contributed by atoms with van der Waals surface area (Å²) in [6.45, 7) is 9.41. The third-order valence-corrected chi connectivity index (χ3v) is 19.5. The Morgan fingerprint density at radius 2 is 1.27 bits per heavy atom. The van der Waals surface area contributed by atoms with E-state index in [9.17, 15) is 61.1 Å². The number of aryl methyl sites for hydroxylation is 1. The van der Waals surface area contributed by atoms with Crippen LogP contribution < -0.4 is 21.3 Å². The predicted octanol–water partition coefficient (Wildman–Crippen LogP) is 4.67. The molecule has 1 spiro atoms. The summed E-state index contributed by atoms with van der Waals surface area (Å²) in [5, 5.41) is 10.9. The van der Waals surface area contributed by atoms with Crippen molar-refractivity contribution in [2.24, 2.45) is 17.8 Å². The number of carbonyl (C=O) groups is 11. The van der Waals surface area contributed by atoms with Crippen molar-refractivity contribution in [1.82, 2.24) is 55.6 Å². The van der Waals surface area contributed by atoms with E-state index in [0.717, 1.165) is 49.1 Å². The molecule has 0 aromatic heterocycles. The third-order valence-electron chi connectivity index (χ3n) is 19.1. The standard InChI is InChI=1S/C63H95ClF3N11O11/c1-12-38(4)52-60(88)73(8)36-51(81)77-30-19-23-47(77)59(87)75(10)48(34-41-20-14-13-15-21-41)58(86)72(7)35-49(79)69-45(27-25-42-24-26-43(44(64)33-42)63(65,66)67)57(85)78-31-18-22-46(78)55(83)71-62(28-16-17-29-62)61(89)76(11)53(37(2)3)56(84)68-39(5)32-50(80)74(9)40(6)54(82)70-52/h24,26,33,37-41,45-48,52-53H,12-23,25,27-32,34-36H2,1-11H3,(H,68,84)(H,69,79)(H,70,82)(H,71,83)/t38-,39+,40-,45-,46-,47-,48-,52-,53-/m0/s1. The Hall–Kier alpha value is -6.53. The Labute approximate surface area is 526 Å². The number of carbonyl (C=O) groups excluding carboxylic acids is 11. The van der Waals surface area contributed by atoms with Gasteiger partial charge < -0.3 is 55.6 Å². The van der Waals surface area contributed by atoms with E-state index in [1.54, 1.807) is 27.7 Å². The Morgan fingerprint density at radius 1 is 0.652 bits per heavy atom. The quantitative estimate of drug-likeness (QED) is 0.278. The van der Waals surface area contributed by atoms with Crippen LogP contribution in [0.15, 0.2) is 18.2 Å². The van der Waals surface area contributed by atoms with Crippen molar-refractivity contribution in [3.8, 4) is 0 Å². The van der Waals surface area contributed by atoms with Gasteiger partial charge in [0, 0.05) is 60.8 Å². The maximum atomic E-state index is 15.0. The van der Waals surface area contributed by atoms with Gasteiger partial charge in [-0.05, 0) is 107 Å². The van der Waals surface area contributed by atoms with E-state index in [1.807, 2.05) is 6.92 Å². The average Bonchev–Trinajstić information content (AvgIpc) is 1.95. The first-order valence-corrected chi connectivity index (χ1v) is 32.2. The fourth-order valence-electron chi connectivity index (χ4n) is 13.5. The van der Waals surface area contributed by atoms with Crippen molar-refractivity contribution >= 4 is 76.6 Å². The molecule has 1 aromatic carbocycles. The summed E-state index contributed by atoms with van der Waals surface area (Å²) < 4.78 is 41.3. The number of fused-ring (bicyclic) bond motifs is 2. The first-order valence-electron chi connectivity index (χ1n) is 31.8. The molecule has 1 aromatic rings. The molecule has 0 radical (unpaired) electrons. The summed E-state index contributed by atoms with van der Waals surface area (Å²) in [5.41, 5.74) is -2.24. The van der Waals surface area contributed by atoms with E-state index in [2.05, 4.69) is 21.3 Å². The minimum absolute atomic E-state index is 0.0425. The summed E-state index contributed by atoms with van der Waals surface area (Å²) in [6, 6.07) is -5.56. The summed E-state index contributed by atoms with van der Waals surface area (Å²) in [5.74, 6) is -7.49. The second-order valence-electron chi connectivity index (χ2n) is 26.0. The number of rotatable bonds is 8. The molecule has 26 heteroatoms. The minimum atomic E-state index is -4.74. The normalized spacial score (nSPS) is 27.9. The van der Waals surface area contributed by atoms with E-state index in [0.29, 0.717) is 37.7 Å². The van der Waals surface area contributed by atoms with E-state index in [-0.39, 0.29) is 70.4 Å². The molecule has 22 nitrogen and oxygen atoms in total. The van der Waals surface area contributed by atoms with Crippen LogP contribution >= 0.6 is 11.6 Å². The van der Waals surface area contributed by atoms with Crippen molar-refractivity contribution in [2.45, 2.75) is 217 Å². The van der Waals surface area contributed by atoms with Crippen LogP contribution in [0, 0.1) is 17.8 Å². The van der Waals surface area contributed by atoms with Gasteiger partial charge in [-0.15, -0.1) is 0 Å². The average molecular weight is 1270 g/mol. The first-order chi connectivity index (χ1) is 41.8. The number of hydrogen-bond acceptors (Lipinski definition) is 11. The third kappa shape index (κ3) is 17.5. The largest absolute Gasteiger partial charge is 0.417 e. The second kappa shape index (κ2) is 31.0. The lowest BCUT2D eigenvalue weighted by atomic mass is 9.84. The topological polar surface area (TPSA) is 259 Å². The van der Waals surface area contributed by atoms with Gasteiger partial charge in [-0.3, -0.25) is 52.7 Å². The van der Waals surface area contributed by atoms with Gasteiger partial charge in [-0.2, -0.15) is 13.2 Å². The molecule has 2 aliphatic carbocycles. The Balaban J connectivity index is 1.36. The zero-order valence-corrected chi connectivity index (χ0v) is 54.5. The molecule has 2 saturated carbocycles. The molecule has 11 amide bonds. The van der Waals surface area contributed by atoms with Crippen LogP contribution in [0.3, 0.4) is 0 Å². The Kier molecular flexibility index (Phi) is 24.9. The number of halogens is 4. The van der Waals surface area contributed by atoms with Crippen LogP contribution in [0.1, 0.15) is 162 Å². The van der Waals surface area contributed by atoms with Crippen LogP contribution in [-0.4, -0.2) is 215 Å². The van der Waals surface area contributed by atoms with Gasteiger partial charge in [0.25, 0.3) is 0 Å². The summed E-state index contributed by atoms with van der Waals surface area (Å²) in [6.07, 6.45) is 2.66. The molecule has 5 aliphatic rings. The molecule has 89 heavy (non-hydrogen) atoms. The molecule has 0 bridgehead atoms. The smallest absolute Gasteiger partial charge is 0.351 e. The lowest BCUT2D eigenvalue weighted by Crippen LogP contribution is -2.64. The lowest BCUT2D eigenvalue weighted by Gasteiger charge is -2.39.